The number of pyridine rings is 1. The molecule has 2 rings (SSSR count). The third-order valence-corrected chi connectivity index (χ3v) is 3.10. The van der Waals surface area contributed by atoms with Crippen LogP contribution in [0, 0.1) is 0 Å². The zero-order valence-electron chi connectivity index (χ0n) is 11.9. The van der Waals surface area contributed by atoms with Crippen LogP contribution < -0.4 is 16.0 Å². The van der Waals surface area contributed by atoms with E-state index in [-0.39, 0.29) is 18.6 Å². The number of hydrogen-bond acceptors (Lipinski definition) is 7. The van der Waals surface area contributed by atoms with E-state index in [9.17, 15) is 9.59 Å². The maximum Gasteiger partial charge on any atom is 0.349 e. The Kier molecular flexibility index (Phi) is 5.90. The largest absolute Gasteiger partial charge is 0.428 e. The number of carbonyl (C=O) groups excluding carboxylic acids is 2. The minimum Gasteiger partial charge on any atom is -0.428 e. The molecule has 1 aromatic heterocycles. The Morgan fingerprint density at radius 2 is 2.22 bits per heavy atom. The van der Waals surface area contributed by atoms with E-state index in [1.807, 2.05) is 0 Å². The molecule has 0 aliphatic heterocycles. The van der Waals surface area contributed by atoms with Crippen LogP contribution in [0.15, 0.2) is 42.6 Å². The number of rotatable bonds is 7. The van der Waals surface area contributed by atoms with Crippen LogP contribution in [0.5, 0.6) is 5.75 Å². The molecule has 0 radical (unpaired) electrons. The summed E-state index contributed by atoms with van der Waals surface area (Å²) in [7, 11) is 0. The number of nitrogens with two attached hydrogens (primary N) is 1. The Hall–Kier alpha value is -2.64. The van der Waals surface area contributed by atoms with Gasteiger partial charge in [-0.25, -0.2) is 15.3 Å². The van der Waals surface area contributed by atoms with Gasteiger partial charge in [0.15, 0.2) is 5.82 Å². The number of hydrogen-bond donors (Lipinski definition) is 2. The number of anilines is 1. The highest BCUT2D eigenvalue weighted by Gasteiger charge is 2.19. The van der Waals surface area contributed by atoms with Gasteiger partial charge in [0.25, 0.3) is 6.47 Å². The third kappa shape index (κ3) is 4.94. The molecule has 0 saturated heterocycles. The van der Waals surface area contributed by atoms with Crippen LogP contribution in [0.4, 0.5) is 5.82 Å². The highest BCUT2D eigenvalue weighted by atomic mass is 35.5. The van der Waals surface area contributed by atoms with Gasteiger partial charge in [0.2, 0.25) is 0 Å². The lowest BCUT2D eigenvalue weighted by Gasteiger charge is -2.13. The van der Waals surface area contributed by atoms with Crippen molar-refractivity contribution in [2.24, 2.45) is 5.73 Å². The standard InChI is InChI=1S/C15H14ClN3O4/c16-11-5-4-10(13(8-11)22-9-20)7-12(17)15(21)23-19-14-3-1-2-6-18-14/h1-6,8-9,12H,7,17H2,(H,18,19). The first-order valence-corrected chi connectivity index (χ1v) is 7.00. The lowest BCUT2D eigenvalue weighted by atomic mass is 10.1. The van der Waals surface area contributed by atoms with Crippen LogP contribution in [0.2, 0.25) is 5.02 Å². The fraction of sp³-hybridized carbons (Fsp3) is 0.133. The minimum atomic E-state index is -0.957. The molecule has 0 aliphatic carbocycles. The molecular weight excluding hydrogens is 322 g/mol. The first kappa shape index (κ1) is 16.7. The van der Waals surface area contributed by atoms with Gasteiger partial charge in [-0.3, -0.25) is 4.79 Å². The Morgan fingerprint density at radius 3 is 2.91 bits per heavy atom. The molecule has 8 heteroatoms. The van der Waals surface area contributed by atoms with E-state index in [0.717, 1.165) is 0 Å². The van der Waals surface area contributed by atoms with Crippen molar-refractivity contribution in [3.05, 3.63) is 53.2 Å². The van der Waals surface area contributed by atoms with E-state index in [2.05, 4.69) is 10.5 Å². The summed E-state index contributed by atoms with van der Waals surface area (Å²) in [5, 5.41) is 0.401. The molecule has 3 N–H and O–H groups in total. The number of nitrogens with zero attached hydrogens (tertiary/aromatic N) is 1. The van der Waals surface area contributed by atoms with Gasteiger partial charge in [-0.05, 0) is 29.8 Å². The van der Waals surface area contributed by atoms with Gasteiger partial charge in [-0.15, -0.1) is 0 Å². The second-order valence-corrected chi connectivity index (χ2v) is 4.95. The van der Waals surface area contributed by atoms with Gasteiger partial charge in [0, 0.05) is 17.6 Å². The molecule has 7 nitrogen and oxygen atoms in total. The molecule has 1 aromatic carbocycles. The Morgan fingerprint density at radius 1 is 1.39 bits per heavy atom. The van der Waals surface area contributed by atoms with Crippen LogP contribution in [0.1, 0.15) is 5.56 Å². The zero-order valence-corrected chi connectivity index (χ0v) is 12.7. The van der Waals surface area contributed by atoms with Crippen molar-refractivity contribution in [1.29, 1.82) is 0 Å². The van der Waals surface area contributed by atoms with Gasteiger partial charge in [0.05, 0.1) is 0 Å². The summed E-state index contributed by atoms with van der Waals surface area (Å²) in [6, 6.07) is 8.84. The van der Waals surface area contributed by atoms with Crippen LogP contribution in [0.3, 0.4) is 0 Å². The van der Waals surface area contributed by atoms with Crippen molar-refractivity contribution in [2.45, 2.75) is 12.5 Å². The molecule has 120 valence electrons. The minimum absolute atomic E-state index is 0.114. The van der Waals surface area contributed by atoms with E-state index in [1.165, 1.54) is 6.07 Å². The molecule has 1 atom stereocenters. The van der Waals surface area contributed by atoms with Crippen molar-refractivity contribution in [2.75, 3.05) is 5.48 Å². The highest BCUT2D eigenvalue weighted by molar-refractivity contribution is 6.30. The van der Waals surface area contributed by atoms with Gasteiger partial charge in [-0.2, -0.15) is 0 Å². The summed E-state index contributed by atoms with van der Waals surface area (Å²) in [5.41, 5.74) is 8.77. The topological polar surface area (TPSA) is 104 Å². The summed E-state index contributed by atoms with van der Waals surface area (Å²) in [6.45, 7) is 0.279. The summed E-state index contributed by atoms with van der Waals surface area (Å²) < 4.78 is 4.83. The van der Waals surface area contributed by atoms with E-state index < -0.39 is 12.0 Å². The lowest BCUT2D eigenvalue weighted by Crippen LogP contribution is -2.35. The summed E-state index contributed by atoms with van der Waals surface area (Å²) in [6.07, 6.45) is 1.66. The van der Waals surface area contributed by atoms with Crippen LogP contribution >= 0.6 is 11.6 Å². The number of benzene rings is 1. The van der Waals surface area contributed by atoms with Gasteiger partial charge >= 0.3 is 5.97 Å². The fourth-order valence-corrected chi connectivity index (χ4v) is 1.94. The molecule has 0 aliphatic rings. The van der Waals surface area contributed by atoms with E-state index in [1.54, 1.807) is 36.5 Å². The first-order chi connectivity index (χ1) is 11.1. The van der Waals surface area contributed by atoms with Crippen LogP contribution in [-0.2, 0) is 20.8 Å². The normalized spacial score (nSPS) is 11.4. The molecule has 1 unspecified atom stereocenters. The molecule has 0 amide bonds. The smallest absolute Gasteiger partial charge is 0.349 e. The summed E-state index contributed by atoms with van der Waals surface area (Å²) in [5.74, 6) is -0.0550. The average Bonchev–Trinajstić information content (AvgIpc) is 2.56. The quantitative estimate of drug-likeness (QED) is 0.586. The molecule has 2 aromatic rings. The SMILES string of the molecule is NC(Cc1ccc(Cl)cc1OC=O)C(=O)ONc1ccccn1. The van der Waals surface area contributed by atoms with E-state index in [4.69, 9.17) is 26.9 Å². The fourth-order valence-electron chi connectivity index (χ4n) is 1.78. The van der Waals surface area contributed by atoms with Crippen molar-refractivity contribution >= 4 is 29.9 Å². The molecular formula is C15H14ClN3O4. The molecule has 0 fully saturated rings. The predicted molar refractivity (Wildman–Crippen MR) is 83.8 cm³/mol. The van der Waals surface area contributed by atoms with Crippen molar-refractivity contribution in [3.8, 4) is 5.75 Å². The second kappa shape index (κ2) is 8.11. The van der Waals surface area contributed by atoms with Crippen LogP contribution in [0.25, 0.3) is 0 Å². The number of ether oxygens (including phenoxy) is 1. The van der Waals surface area contributed by atoms with Crippen molar-refractivity contribution in [1.82, 2.24) is 4.98 Å². The van der Waals surface area contributed by atoms with Crippen molar-refractivity contribution in [3.63, 3.8) is 0 Å². The second-order valence-electron chi connectivity index (χ2n) is 4.51. The van der Waals surface area contributed by atoms with Gasteiger partial charge in [-0.1, -0.05) is 23.7 Å². The summed E-state index contributed by atoms with van der Waals surface area (Å²) >= 11 is 5.83. The molecule has 0 saturated carbocycles. The molecule has 1 heterocycles. The number of carbonyl (C=O) groups is 2. The van der Waals surface area contributed by atoms with E-state index >= 15 is 0 Å². The number of halogens is 1. The Balaban J connectivity index is 1.96. The maximum atomic E-state index is 11.9. The molecule has 0 spiro atoms. The van der Waals surface area contributed by atoms with Gasteiger partial charge < -0.3 is 15.3 Å². The lowest BCUT2D eigenvalue weighted by molar-refractivity contribution is -0.142. The summed E-state index contributed by atoms with van der Waals surface area (Å²) in [4.78, 5) is 31.2. The Labute approximate surface area is 137 Å². The van der Waals surface area contributed by atoms with Crippen LogP contribution in [-0.4, -0.2) is 23.5 Å². The maximum absolute atomic E-state index is 11.9. The van der Waals surface area contributed by atoms with E-state index in [0.29, 0.717) is 16.4 Å². The highest BCUT2D eigenvalue weighted by Crippen LogP contribution is 2.24. The zero-order chi connectivity index (χ0) is 16.7. The monoisotopic (exact) mass is 335 g/mol. The molecule has 23 heavy (non-hydrogen) atoms. The van der Waals surface area contributed by atoms with Gasteiger partial charge in [0.1, 0.15) is 11.8 Å². The average molecular weight is 336 g/mol. The van der Waals surface area contributed by atoms with Crippen molar-refractivity contribution < 1.29 is 19.2 Å². The first-order valence-electron chi connectivity index (χ1n) is 6.62. The third-order valence-electron chi connectivity index (χ3n) is 2.87. The molecule has 0 bridgehead atoms. The Bertz CT molecular complexity index is 682. The number of nitrogens with one attached hydrogen (secondary N) is 1. The number of aromatic nitrogens is 1. The predicted octanol–water partition coefficient (Wildman–Crippen LogP) is 1.71.